The fourth-order valence-electron chi connectivity index (χ4n) is 2.97. The summed E-state index contributed by atoms with van der Waals surface area (Å²) in [4.78, 5) is 14.2. The van der Waals surface area contributed by atoms with Crippen molar-refractivity contribution >= 4 is 5.91 Å². The van der Waals surface area contributed by atoms with Crippen LogP contribution in [0.5, 0.6) is 0 Å². The van der Waals surface area contributed by atoms with Crippen LogP contribution >= 0.6 is 0 Å². The van der Waals surface area contributed by atoms with Crippen LogP contribution in [0, 0.1) is 0 Å². The van der Waals surface area contributed by atoms with Crippen LogP contribution in [0.1, 0.15) is 21.5 Å². The van der Waals surface area contributed by atoms with Gasteiger partial charge in [0.2, 0.25) is 0 Å². The lowest BCUT2D eigenvalue weighted by Crippen LogP contribution is -2.42. The predicted octanol–water partition coefficient (Wildman–Crippen LogP) is 1.84. The van der Waals surface area contributed by atoms with Crippen molar-refractivity contribution in [2.75, 3.05) is 19.6 Å². The Kier molecular flexibility index (Phi) is 5.05. The minimum absolute atomic E-state index is 0.145. The molecule has 2 aromatic carbocycles. The fraction of sp³-hybridized carbons (Fsp3) is 0.316. The summed E-state index contributed by atoms with van der Waals surface area (Å²) in [5.41, 5.74) is 3.35. The standard InChI is InChI=1S/C19H22N2O2/c22-18(12-20-19(23)16-7-2-1-3-8-16)14-21-11-10-15-6-4-5-9-17(15)13-21/h1-9,18,22H,10-14H2,(H,20,23). The molecule has 0 fully saturated rings. The number of benzene rings is 2. The van der Waals surface area contributed by atoms with Gasteiger partial charge >= 0.3 is 0 Å². The Labute approximate surface area is 136 Å². The molecule has 0 saturated heterocycles. The third-order valence-electron chi connectivity index (χ3n) is 4.21. The molecular weight excluding hydrogens is 288 g/mol. The van der Waals surface area contributed by atoms with Crippen LogP contribution in [0.3, 0.4) is 0 Å². The lowest BCUT2D eigenvalue weighted by Gasteiger charge is -2.30. The van der Waals surface area contributed by atoms with Gasteiger partial charge in [0.25, 0.3) is 5.91 Å². The quantitative estimate of drug-likeness (QED) is 0.886. The summed E-state index contributed by atoms with van der Waals surface area (Å²) < 4.78 is 0. The van der Waals surface area contributed by atoms with Crippen molar-refractivity contribution in [1.82, 2.24) is 10.2 Å². The molecule has 1 atom stereocenters. The van der Waals surface area contributed by atoms with Crippen LogP contribution in [-0.2, 0) is 13.0 Å². The number of carbonyl (C=O) groups is 1. The summed E-state index contributed by atoms with van der Waals surface area (Å²) in [6.45, 7) is 2.65. The number of aliphatic hydroxyl groups excluding tert-OH is 1. The molecular formula is C19H22N2O2. The van der Waals surface area contributed by atoms with E-state index in [0.717, 1.165) is 19.5 Å². The van der Waals surface area contributed by atoms with Crippen molar-refractivity contribution in [1.29, 1.82) is 0 Å². The van der Waals surface area contributed by atoms with Crippen molar-refractivity contribution in [3.8, 4) is 0 Å². The highest BCUT2D eigenvalue weighted by atomic mass is 16.3. The van der Waals surface area contributed by atoms with Crippen LogP contribution in [0.4, 0.5) is 0 Å². The molecule has 3 rings (SSSR count). The van der Waals surface area contributed by atoms with Gasteiger partial charge in [-0.2, -0.15) is 0 Å². The normalized spacial score (nSPS) is 15.7. The van der Waals surface area contributed by atoms with Gasteiger partial charge in [0.05, 0.1) is 6.10 Å². The monoisotopic (exact) mass is 310 g/mol. The number of hydrogen-bond acceptors (Lipinski definition) is 3. The first kappa shape index (κ1) is 15.7. The van der Waals surface area contributed by atoms with Gasteiger partial charge in [0.1, 0.15) is 0 Å². The van der Waals surface area contributed by atoms with Gasteiger partial charge in [0.15, 0.2) is 0 Å². The van der Waals surface area contributed by atoms with Gasteiger partial charge in [-0.1, -0.05) is 42.5 Å². The summed E-state index contributed by atoms with van der Waals surface area (Å²) >= 11 is 0. The summed E-state index contributed by atoms with van der Waals surface area (Å²) in [6, 6.07) is 17.5. The smallest absolute Gasteiger partial charge is 0.251 e. The highest BCUT2D eigenvalue weighted by Gasteiger charge is 2.18. The minimum atomic E-state index is -0.562. The second-order valence-electron chi connectivity index (χ2n) is 5.98. The molecule has 1 heterocycles. The first-order valence-electron chi connectivity index (χ1n) is 8.03. The first-order chi connectivity index (χ1) is 11.2. The molecule has 0 aromatic heterocycles. The van der Waals surface area contributed by atoms with Crippen LogP contribution in [0.25, 0.3) is 0 Å². The third-order valence-corrected chi connectivity index (χ3v) is 4.21. The minimum Gasteiger partial charge on any atom is -0.390 e. The zero-order chi connectivity index (χ0) is 16.1. The lowest BCUT2D eigenvalue weighted by molar-refractivity contribution is 0.0842. The first-order valence-corrected chi connectivity index (χ1v) is 8.03. The molecule has 2 aromatic rings. The summed E-state index contributed by atoms with van der Waals surface area (Å²) in [5, 5.41) is 13.0. The van der Waals surface area contributed by atoms with Crippen molar-refractivity contribution in [3.05, 3.63) is 71.3 Å². The average Bonchev–Trinajstić information content (AvgIpc) is 2.60. The molecule has 4 heteroatoms. The van der Waals surface area contributed by atoms with Crippen molar-refractivity contribution in [2.24, 2.45) is 0 Å². The molecule has 0 aliphatic carbocycles. The maximum atomic E-state index is 12.0. The highest BCUT2D eigenvalue weighted by molar-refractivity contribution is 5.94. The Morgan fingerprint density at radius 1 is 1.09 bits per heavy atom. The average molecular weight is 310 g/mol. The van der Waals surface area contributed by atoms with E-state index < -0.39 is 6.10 Å². The van der Waals surface area contributed by atoms with E-state index in [0.29, 0.717) is 12.1 Å². The molecule has 23 heavy (non-hydrogen) atoms. The van der Waals surface area contributed by atoms with Crippen molar-refractivity contribution < 1.29 is 9.90 Å². The Balaban J connectivity index is 1.47. The van der Waals surface area contributed by atoms with Gasteiger partial charge in [-0.25, -0.2) is 0 Å². The number of nitrogens with zero attached hydrogens (tertiary/aromatic N) is 1. The molecule has 0 spiro atoms. The Hall–Kier alpha value is -2.17. The second kappa shape index (κ2) is 7.40. The van der Waals surface area contributed by atoms with Gasteiger partial charge in [-0.15, -0.1) is 0 Å². The largest absolute Gasteiger partial charge is 0.390 e. The van der Waals surface area contributed by atoms with E-state index in [1.807, 2.05) is 18.2 Å². The molecule has 1 unspecified atom stereocenters. The van der Waals surface area contributed by atoms with Gasteiger partial charge < -0.3 is 10.4 Å². The van der Waals surface area contributed by atoms with Crippen LogP contribution < -0.4 is 5.32 Å². The molecule has 1 aliphatic heterocycles. The molecule has 0 bridgehead atoms. The fourth-order valence-corrected chi connectivity index (χ4v) is 2.97. The molecule has 0 saturated carbocycles. The maximum Gasteiger partial charge on any atom is 0.251 e. The molecule has 1 amide bonds. The lowest BCUT2D eigenvalue weighted by atomic mass is 10.00. The van der Waals surface area contributed by atoms with E-state index in [9.17, 15) is 9.90 Å². The number of amides is 1. The highest BCUT2D eigenvalue weighted by Crippen LogP contribution is 2.18. The van der Waals surface area contributed by atoms with Gasteiger partial charge in [-0.05, 0) is 29.7 Å². The van der Waals surface area contributed by atoms with E-state index in [4.69, 9.17) is 0 Å². The van der Waals surface area contributed by atoms with Gasteiger partial charge in [0, 0.05) is 31.7 Å². The molecule has 120 valence electrons. The number of rotatable bonds is 5. The van der Waals surface area contributed by atoms with Crippen LogP contribution in [0.2, 0.25) is 0 Å². The van der Waals surface area contributed by atoms with Crippen molar-refractivity contribution in [3.63, 3.8) is 0 Å². The predicted molar refractivity (Wildman–Crippen MR) is 90.2 cm³/mol. The summed E-state index contributed by atoms with van der Waals surface area (Å²) in [7, 11) is 0. The van der Waals surface area contributed by atoms with E-state index >= 15 is 0 Å². The van der Waals surface area contributed by atoms with Crippen LogP contribution in [0.15, 0.2) is 54.6 Å². The van der Waals surface area contributed by atoms with E-state index in [2.05, 4.69) is 34.5 Å². The molecule has 1 aliphatic rings. The van der Waals surface area contributed by atoms with E-state index in [1.54, 1.807) is 12.1 Å². The Morgan fingerprint density at radius 3 is 2.57 bits per heavy atom. The molecule has 0 radical (unpaired) electrons. The zero-order valence-corrected chi connectivity index (χ0v) is 13.1. The maximum absolute atomic E-state index is 12.0. The summed E-state index contributed by atoms with van der Waals surface area (Å²) in [6.07, 6.45) is 0.451. The zero-order valence-electron chi connectivity index (χ0n) is 13.1. The second-order valence-corrected chi connectivity index (χ2v) is 5.98. The SMILES string of the molecule is O=C(NCC(O)CN1CCc2ccccc2C1)c1ccccc1. The van der Waals surface area contributed by atoms with E-state index in [-0.39, 0.29) is 12.5 Å². The Bertz CT molecular complexity index is 657. The number of hydrogen-bond donors (Lipinski definition) is 2. The Morgan fingerprint density at radius 2 is 1.78 bits per heavy atom. The molecule has 4 nitrogen and oxygen atoms in total. The van der Waals surface area contributed by atoms with Crippen LogP contribution in [-0.4, -0.2) is 41.7 Å². The number of fused-ring (bicyclic) bond motifs is 1. The van der Waals surface area contributed by atoms with E-state index in [1.165, 1.54) is 11.1 Å². The molecule has 2 N–H and O–H groups in total. The number of carbonyl (C=O) groups excluding carboxylic acids is 1. The number of β-amino-alcohol motifs (C(OH)–C–C–N with tert-alkyl or cyclic N) is 1. The van der Waals surface area contributed by atoms with Crippen molar-refractivity contribution in [2.45, 2.75) is 19.1 Å². The van der Waals surface area contributed by atoms with Gasteiger partial charge in [-0.3, -0.25) is 9.69 Å². The summed E-state index contributed by atoms with van der Waals surface area (Å²) in [5.74, 6) is -0.145. The topological polar surface area (TPSA) is 52.6 Å². The number of nitrogens with one attached hydrogen (secondary N) is 1. The third kappa shape index (κ3) is 4.18. The number of aliphatic hydroxyl groups is 1.